The minimum absolute atomic E-state index is 1.15. The molecule has 0 saturated carbocycles. The van der Waals surface area contributed by atoms with Crippen molar-refractivity contribution in [3.8, 4) is 123 Å². The van der Waals surface area contributed by atoms with Gasteiger partial charge in [-0.1, -0.05) is 381 Å². The molecule has 0 aliphatic carbocycles. The summed E-state index contributed by atoms with van der Waals surface area (Å²) in [6, 6.07) is 199. The summed E-state index contributed by atoms with van der Waals surface area (Å²) in [6.45, 7) is 4.29. The van der Waals surface area contributed by atoms with Gasteiger partial charge in [-0.25, -0.2) is 0 Å². The minimum atomic E-state index is 1.15. The predicted molar refractivity (Wildman–Crippen MR) is 618 cm³/mol. The lowest BCUT2D eigenvalue weighted by molar-refractivity contribution is 1.17. The molecule has 6 heterocycles. The summed E-state index contributed by atoms with van der Waals surface area (Å²) in [5.41, 5.74) is 43.3. The van der Waals surface area contributed by atoms with Crippen molar-refractivity contribution in [2.24, 2.45) is 0 Å². The molecule has 29 rings (SSSR count). The van der Waals surface area contributed by atoms with Gasteiger partial charge in [-0.3, -0.25) is 0 Å². The molecule has 6 heteroatoms. The van der Waals surface area contributed by atoms with Gasteiger partial charge < -0.3 is 27.4 Å². The second-order valence-corrected chi connectivity index (χ2v) is 38.4. The molecule has 29 aromatic rings. The normalized spacial score (nSPS) is 11.6. The molecule has 0 amide bonds. The van der Waals surface area contributed by atoms with E-state index >= 15 is 0 Å². The SMILES string of the molecule is Cc1ccc(-c2cc(-c3ccc(C)cc3)cc(-n3c4ccccc4c4cc(-c5ccc6c(c5)c5ccccc5n6-c5ccccc5)ccc43)c2)cc1.c1ccc(-c2cc(-c3ccccc3)cc(-n3c4ccccc4c4c(-c5cccc(-n6c7ccccc7c7ccccc76)c5)cccc43)c2)cc1.c1ccc(-c2cc(-c3ccccc3)cc(-n3c4ccccc4c4cc(-n5c6ccccc6c6ccccc65)ccc43)c2)cc1. The van der Waals surface area contributed by atoms with Crippen molar-refractivity contribution >= 4 is 131 Å². The largest absolute Gasteiger partial charge is 0.309 e. The molecule has 686 valence electrons. The van der Waals surface area contributed by atoms with Gasteiger partial charge >= 0.3 is 0 Å². The van der Waals surface area contributed by atoms with Gasteiger partial charge in [-0.05, 0) is 279 Å². The quantitative estimate of drug-likeness (QED) is 0.104. The van der Waals surface area contributed by atoms with E-state index in [1.165, 1.54) is 242 Å². The summed E-state index contributed by atoms with van der Waals surface area (Å²) in [5.74, 6) is 0. The molecule has 0 unspecified atom stereocenters. The average molecular weight is 1860 g/mol. The fourth-order valence-corrected chi connectivity index (χ4v) is 22.8. The number of rotatable bonds is 14. The Bertz CT molecular complexity index is 9830. The van der Waals surface area contributed by atoms with E-state index in [9.17, 15) is 0 Å². The Labute approximate surface area is 846 Å². The second kappa shape index (κ2) is 36.2. The van der Waals surface area contributed by atoms with Crippen LogP contribution in [0.3, 0.4) is 0 Å². The number of benzene rings is 23. The van der Waals surface area contributed by atoms with Crippen LogP contribution in [0.5, 0.6) is 0 Å². The Hall–Kier alpha value is -19.1. The fourth-order valence-electron chi connectivity index (χ4n) is 22.8. The van der Waals surface area contributed by atoms with E-state index in [0.29, 0.717) is 0 Å². The molecule has 23 aromatic carbocycles. The Morgan fingerprint density at radius 2 is 0.329 bits per heavy atom. The van der Waals surface area contributed by atoms with Crippen LogP contribution < -0.4 is 0 Å². The smallest absolute Gasteiger partial charge is 0.0547 e. The predicted octanol–water partition coefficient (Wildman–Crippen LogP) is 37.6. The maximum Gasteiger partial charge on any atom is 0.0547 e. The molecule has 0 aliphatic heterocycles. The summed E-state index contributed by atoms with van der Waals surface area (Å²) < 4.78 is 14.5. The van der Waals surface area contributed by atoms with Crippen LogP contribution in [-0.2, 0) is 0 Å². The summed E-state index contributed by atoms with van der Waals surface area (Å²) >= 11 is 0. The van der Waals surface area contributed by atoms with E-state index in [-0.39, 0.29) is 0 Å². The number of aryl methyl sites for hydroxylation is 2. The van der Waals surface area contributed by atoms with Crippen LogP contribution in [0.15, 0.2) is 546 Å². The van der Waals surface area contributed by atoms with E-state index in [4.69, 9.17) is 0 Å². The van der Waals surface area contributed by atoms with Crippen LogP contribution in [0, 0.1) is 13.8 Å². The van der Waals surface area contributed by atoms with Gasteiger partial charge in [-0.15, -0.1) is 0 Å². The van der Waals surface area contributed by atoms with Gasteiger partial charge in [0.15, 0.2) is 0 Å². The fraction of sp³-hybridized carbons (Fsp3) is 0.0143. The summed E-state index contributed by atoms with van der Waals surface area (Å²) in [6.07, 6.45) is 0. The van der Waals surface area contributed by atoms with E-state index < -0.39 is 0 Å². The average Bonchev–Trinajstić information content (AvgIpc) is 1.58. The van der Waals surface area contributed by atoms with E-state index in [1.54, 1.807) is 0 Å². The third kappa shape index (κ3) is 15.1. The number of hydrogen-bond acceptors (Lipinski definition) is 0. The molecular weight excluding hydrogens is 1770 g/mol. The molecular formula is C140H96N6. The summed E-state index contributed by atoms with van der Waals surface area (Å²) in [7, 11) is 0. The van der Waals surface area contributed by atoms with Crippen LogP contribution >= 0.6 is 0 Å². The molecule has 6 nitrogen and oxygen atoms in total. The highest BCUT2D eigenvalue weighted by molar-refractivity contribution is 6.19. The third-order valence-electron chi connectivity index (χ3n) is 29.6. The van der Waals surface area contributed by atoms with Crippen molar-refractivity contribution < 1.29 is 0 Å². The molecule has 0 aliphatic rings. The van der Waals surface area contributed by atoms with Gasteiger partial charge in [0.2, 0.25) is 0 Å². The highest BCUT2D eigenvalue weighted by atomic mass is 15.0. The first-order valence-corrected chi connectivity index (χ1v) is 50.3. The number of aromatic nitrogens is 6. The molecule has 0 bridgehead atoms. The van der Waals surface area contributed by atoms with Crippen molar-refractivity contribution in [2.75, 3.05) is 0 Å². The number of hydrogen-bond donors (Lipinski definition) is 0. The molecule has 0 N–H and O–H groups in total. The molecule has 0 atom stereocenters. The topological polar surface area (TPSA) is 29.6 Å². The van der Waals surface area contributed by atoms with Crippen LogP contribution in [0.25, 0.3) is 254 Å². The number of nitrogens with zero attached hydrogens (tertiary/aromatic N) is 6. The molecule has 0 fully saturated rings. The summed E-state index contributed by atoms with van der Waals surface area (Å²) in [5, 5.41) is 15.1. The van der Waals surface area contributed by atoms with Crippen LogP contribution in [0.1, 0.15) is 11.1 Å². The zero-order chi connectivity index (χ0) is 96.8. The van der Waals surface area contributed by atoms with E-state index in [0.717, 1.165) is 22.7 Å². The van der Waals surface area contributed by atoms with Crippen molar-refractivity contribution in [1.82, 2.24) is 27.4 Å². The van der Waals surface area contributed by atoms with Crippen LogP contribution in [0.4, 0.5) is 0 Å². The minimum Gasteiger partial charge on any atom is -0.309 e. The van der Waals surface area contributed by atoms with Crippen molar-refractivity contribution in [1.29, 1.82) is 0 Å². The number of para-hydroxylation sites is 9. The highest BCUT2D eigenvalue weighted by Gasteiger charge is 2.25. The van der Waals surface area contributed by atoms with Gasteiger partial charge in [0.1, 0.15) is 0 Å². The zero-order valence-electron chi connectivity index (χ0n) is 80.6. The van der Waals surface area contributed by atoms with Crippen molar-refractivity contribution in [3.63, 3.8) is 0 Å². The zero-order valence-corrected chi connectivity index (χ0v) is 80.6. The number of fused-ring (bicyclic) bond motifs is 18. The van der Waals surface area contributed by atoms with Gasteiger partial charge in [0, 0.05) is 98.8 Å². The third-order valence-corrected chi connectivity index (χ3v) is 29.6. The molecule has 146 heavy (non-hydrogen) atoms. The Morgan fingerprint density at radius 1 is 0.110 bits per heavy atom. The lowest BCUT2D eigenvalue weighted by Crippen LogP contribution is -1.97. The molecule has 0 saturated heterocycles. The Kier molecular flexibility index (Phi) is 21.3. The lowest BCUT2D eigenvalue weighted by Gasteiger charge is -2.14. The standard InChI is InChI=1S/C50H36N2.C48H32N2.C42H28N2/c1-33-16-20-35(21-17-33)39-28-40(36-22-18-34(2)19-23-36)30-42(29-39)52-48-15-9-7-13-44(48)46-32-38(25-27-50(46)52)37-24-26-49-45(31-37)43-12-6-8-14-47(43)51(49)41-10-4-3-5-11-41;1-3-15-33(16-4-1)36-29-37(34-17-5-2-6-18-34)32-39(31-36)50-46-27-12-9-23-43(46)48-40(24-14-28-47(48)50)35-19-13-20-38(30-35)49-44-25-10-7-21-41(44)42-22-8-11-26-45(42)49;1-3-13-29(14-4-1)31-25-32(30-15-5-2-6-16-30)27-34(26-31)44-41-22-12-9-19-37(41)38-28-33(23-24-42(38)44)43-39-20-10-7-17-35(39)36-18-8-11-21-40(36)43/h3-32H,1-2H3;1-32H;1-28H. The molecule has 0 radical (unpaired) electrons. The van der Waals surface area contributed by atoms with Gasteiger partial charge in [-0.2, -0.15) is 0 Å². The maximum atomic E-state index is 2.45. The van der Waals surface area contributed by atoms with Crippen molar-refractivity contribution in [2.45, 2.75) is 13.8 Å². The molecule has 0 spiro atoms. The Morgan fingerprint density at radius 3 is 0.685 bits per heavy atom. The highest BCUT2D eigenvalue weighted by Crippen LogP contribution is 2.47. The lowest BCUT2D eigenvalue weighted by atomic mass is 9.97. The monoisotopic (exact) mass is 1860 g/mol. The van der Waals surface area contributed by atoms with Crippen LogP contribution in [-0.4, -0.2) is 27.4 Å². The first-order chi connectivity index (χ1) is 72.2. The van der Waals surface area contributed by atoms with Crippen molar-refractivity contribution in [3.05, 3.63) is 557 Å². The maximum absolute atomic E-state index is 2.45. The van der Waals surface area contributed by atoms with E-state index in [1.807, 2.05) is 0 Å². The summed E-state index contributed by atoms with van der Waals surface area (Å²) in [4.78, 5) is 0. The van der Waals surface area contributed by atoms with Gasteiger partial charge in [0.25, 0.3) is 0 Å². The molecule has 6 aromatic heterocycles. The first-order valence-electron chi connectivity index (χ1n) is 50.3. The Balaban J connectivity index is 0.000000109. The second-order valence-electron chi connectivity index (χ2n) is 38.4. The first kappa shape index (κ1) is 86.0. The van der Waals surface area contributed by atoms with E-state index in [2.05, 4.69) is 587 Å². The van der Waals surface area contributed by atoms with Crippen LogP contribution in [0.2, 0.25) is 0 Å². The van der Waals surface area contributed by atoms with Gasteiger partial charge in [0.05, 0.1) is 66.2 Å².